The van der Waals surface area contributed by atoms with E-state index in [-0.39, 0.29) is 34.2 Å². The molecule has 2 aromatic carbocycles. The standard InChI is InChI=1S/C28H26F3N3O2.C2H6/c1-36-26-12-19(30)11-22(27(26)31)23-14-32-15-24(23)28(35)34-13-16-2-4-17(5-3-16)20-8-9-33-25-7-6-18(29)10-21(20)25;1-2/h6-12,14-17,32H,2-5,13H2,1H3,(H,34,35);1-2H3. The lowest BCUT2D eigenvalue weighted by Gasteiger charge is -2.29. The normalized spacial score (nSPS) is 17.0. The lowest BCUT2D eigenvalue weighted by molar-refractivity contribution is 0.0943. The number of pyridine rings is 1. The highest BCUT2D eigenvalue weighted by atomic mass is 19.1. The van der Waals surface area contributed by atoms with Gasteiger partial charge in [0.1, 0.15) is 11.6 Å². The first-order valence-corrected chi connectivity index (χ1v) is 13.0. The molecule has 0 unspecified atom stereocenters. The van der Waals surface area contributed by atoms with Crippen molar-refractivity contribution in [3.8, 4) is 16.9 Å². The van der Waals surface area contributed by atoms with E-state index in [1.54, 1.807) is 18.3 Å². The third-order valence-corrected chi connectivity index (χ3v) is 7.08. The average Bonchev–Trinajstić information content (AvgIpc) is 3.44. The number of methoxy groups -OCH3 is 1. The van der Waals surface area contributed by atoms with Gasteiger partial charge in [-0.3, -0.25) is 9.78 Å². The zero-order chi connectivity index (χ0) is 27.2. The Morgan fingerprint density at radius 2 is 1.76 bits per heavy atom. The number of hydrogen-bond donors (Lipinski definition) is 2. The number of ether oxygens (including phenoxy) is 1. The summed E-state index contributed by atoms with van der Waals surface area (Å²) in [5, 5.41) is 3.81. The highest BCUT2D eigenvalue weighted by Gasteiger charge is 2.25. The van der Waals surface area contributed by atoms with Crippen molar-refractivity contribution < 1.29 is 22.7 Å². The van der Waals surface area contributed by atoms with Gasteiger partial charge in [-0.25, -0.2) is 13.2 Å². The van der Waals surface area contributed by atoms with Crippen LogP contribution in [0, 0.1) is 23.4 Å². The number of nitrogens with zero attached hydrogens (tertiary/aromatic N) is 1. The minimum Gasteiger partial charge on any atom is -0.494 e. The van der Waals surface area contributed by atoms with Gasteiger partial charge in [0, 0.05) is 47.7 Å². The van der Waals surface area contributed by atoms with Crippen LogP contribution in [-0.2, 0) is 0 Å². The zero-order valence-corrected chi connectivity index (χ0v) is 21.8. The summed E-state index contributed by atoms with van der Waals surface area (Å²) in [4.78, 5) is 20.1. The van der Waals surface area contributed by atoms with Gasteiger partial charge in [-0.15, -0.1) is 0 Å². The van der Waals surface area contributed by atoms with E-state index in [0.29, 0.717) is 18.4 Å². The summed E-state index contributed by atoms with van der Waals surface area (Å²) in [6.07, 6.45) is 8.41. The molecule has 1 saturated carbocycles. The molecule has 1 amide bonds. The topological polar surface area (TPSA) is 67.0 Å². The van der Waals surface area contributed by atoms with Crippen LogP contribution in [0.1, 0.15) is 61.4 Å². The van der Waals surface area contributed by atoms with Gasteiger partial charge in [0.25, 0.3) is 5.91 Å². The van der Waals surface area contributed by atoms with Crippen molar-refractivity contribution in [2.45, 2.75) is 45.4 Å². The van der Waals surface area contributed by atoms with E-state index in [2.05, 4.69) is 15.3 Å². The minimum atomic E-state index is -0.727. The molecular weight excluding hydrogens is 491 g/mol. The smallest absolute Gasteiger partial charge is 0.253 e. The van der Waals surface area contributed by atoms with Gasteiger partial charge in [-0.05, 0) is 73.4 Å². The second-order valence-electron chi connectivity index (χ2n) is 9.24. The second-order valence-corrected chi connectivity index (χ2v) is 9.24. The number of aromatic nitrogens is 2. The maximum atomic E-state index is 14.8. The third-order valence-electron chi connectivity index (χ3n) is 7.08. The molecule has 2 heterocycles. The SMILES string of the molecule is CC.COc1cc(F)cc(-c2c[nH]cc2C(=O)NCC2CCC(c3ccnc4ccc(F)cc34)CC2)c1F. The number of amides is 1. The van der Waals surface area contributed by atoms with Crippen LogP contribution in [0.25, 0.3) is 22.0 Å². The van der Waals surface area contributed by atoms with Crippen LogP contribution in [0.2, 0.25) is 0 Å². The van der Waals surface area contributed by atoms with Crippen LogP contribution >= 0.6 is 0 Å². The largest absolute Gasteiger partial charge is 0.494 e. The fourth-order valence-corrected chi connectivity index (χ4v) is 5.19. The predicted molar refractivity (Wildman–Crippen MR) is 143 cm³/mol. The maximum absolute atomic E-state index is 14.8. The Balaban J connectivity index is 0.00000164. The van der Waals surface area contributed by atoms with Crippen molar-refractivity contribution in [3.63, 3.8) is 0 Å². The van der Waals surface area contributed by atoms with Gasteiger partial charge in [-0.2, -0.15) is 0 Å². The summed E-state index contributed by atoms with van der Waals surface area (Å²) < 4.78 is 47.5. The minimum absolute atomic E-state index is 0.0419. The molecular formula is C30H32F3N3O2. The van der Waals surface area contributed by atoms with Crippen molar-refractivity contribution in [3.05, 3.63) is 83.6 Å². The molecule has 1 aliphatic rings. The summed E-state index contributed by atoms with van der Waals surface area (Å²) in [6, 6.07) is 8.67. The molecule has 0 radical (unpaired) electrons. The highest BCUT2D eigenvalue weighted by Crippen LogP contribution is 2.38. The predicted octanol–water partition coefficient (Wildman–Crippen LogP) is 7.39. The Morgan fingerprint density at radius 1 is 1.00 bits per heavy atom. The first-order chi connectivity index (χ1) is 18.4. The van der Waals surface area contributed by atoms with Crippen LogP contribution in [-0.4, -0.2) is 29.5 Å². The fourth-order valence-electron chi connectivity index (χ4n) is 5.19. The first-order valence-electron chi connectivity index (χ1n) is 13.0. The van der Waals surface area contributed by atoms with E-state index in [1.807, 2.05) is 19.9 Å². The molecule has 5 nitrogen and oxygen atoms in total. The van der Waals surface area contributed by atoms with Crippen molar-refractivity contribution >= 4 is 16.8 Å². The number of carbonyl (C=O) groups is 1. The van der Waals surface area contributed by atoms with Crippen molar-refractivity contribution in [2.75, 3.05) is 13.7 Å². The summed E-state index contributed by atoms with van der Waals surface area (Å²) >= 11 is 0. The number of aromatic amines is 1. The van der Waals surface area contributed by atoms with Crippen molar-refractivity contribution in [1.29, 1.82) is 0 Å². The Kier molecular flexibility index (Phi) is 8.71. The Hall–Kier alpha value is -3.81. The molecule has 1 aliphatic carbocycles. The van der Waals surface area contributed by atoms with Gasteiger partial charge in [0.15, 0.2) is 11.6 Å². The lowest BCUT2D eigenvalue weighted by Crippen LogP contribution is -2.31. The number of hydrogen-bond acceptors (Lipinski definition) is 3. The van der Waals surface area contributed by atoms with E-state index in [1.165, 1.54) is 25.6 Å². The number of rotatable bonds is 6. The number of carbonyl (C=O) groups excluding carboxylic acids is 1. The molecule has 0 aliphatic heterocycles. The molecule has 1 fully saturated rings. The van der Waals surface area contributed by atoms with Gasteiger partial charge in [0.05, 0.1) is 18.2 Å². The van der Waals surface area contributed by atoms with Crippen LogP contribution in [0.5, 0.6) is 5.75 Å². The number of benzene rings is 2. The molecule has 2 N–H and O–H groups in total. The lowest BCUT2D eigenvalue weighted by atomic mass is 9.78. The molecule has 5 rings (SSSR count). The van der Waals surface area contributed by atoms with E-state index in [4.69, 9.17) is 4.74 Å². The van der Waals surface area contributed by atoms with Crippen LogP contribution in [0.3, 0.4) is 0 Å². The van der Waals surface area contributed by atoms with Gasteiger partial charge < -0.3 is 15.0 Å². The Labute approximate surface area is 220 Å². The molecule has 0 atom stereocenters. The third kappa shape index (κ3) is 5.69. The Morgan fingerprint density at radius 3 is 2.50 bits per heavy atom. The molecule has 200 valence electrons. The Bertz CT molecular complexity index is 1410. The molecule has 0 saturated heterocycles. The fraction of sp³-hybridized carbons (Fsp3) is 0.333. The number of fused-ring (bicyclic) bond motifs is 1. The van der Waals surface area contributed by atoms with Crippen molar-refractivity contribution in [2.24, 2.45) is 5.92 Å². The van der Waals surface area contributed by atoms with Crippen LogP contribution in [0.15, 0.2) is 55.0 Å². The van der Waals surface area contributed by atoms with Gasteiger partial charge in [-0.1, -0.05) is 13.8 Å². The highest BCUT2D eigenvalue weighted by molar-refractivity contribution is 6.01. The summed E-state index contributed by atoms with van der Waals surface area (Å²) in [6.45, 7) is 4.48. The summed E-state index contributed by atoms with van der Waals surface area (Å²) in [5.41, 5.74) is 2.37. The monoisotopic (exact) mass is 523 g/mol. The molecule has 2 aromatic heterocycles. The zero-order valence-electron chi connectivity index (χ0n) is 21.8. The van der Waals surface area contributed by atoms with Crippen LogP contribution < -0.4 is 10.1 Å². The number of halogens is 3. The number of nitrogens with one attached hydrogen (secondary N) is 2. The molecule has 4 aromatic rings. The van der Waals surface area contributed by atoms with E-state index < -0.39 is 11.6 Å². The van der Waals surface area contributed by atoms with E-state index in [0.717, 1.165) is 54.3 Å². The van der Waals surface area contributed by atoms with Gasteiger partial charge in [0.2, 0.25) is 0 Å². The van der Waals surface area contributed by atoms with Crippen LogP contribution in [0.4, 0.5) is 13.2 Å². The molecule has 8 heteroatoms. The quantitative estimate of drug-likeness (QED) is 0.277. The molecule has 0 spiro atoms. The summed E-state index contributed by atoms with van der Waals surface area (Å²) in [7, 11) is 1.26. The number of H-pyrrole nitrogens is 1. The van der Waals surface area contributed by atoms with Gasteiger partial charge >= 0.3 is 0 Å². The summed E-state index contributed by atoms with van der Waals surface area (Å²) in [5.74, 6) is -1.62. The maximum Gasteiger partial charge on any atom is 0.253 e. The van der Waals surface area contributed by atoms with E-state index in [9.17, 15) is 18.0 Å². The molecule has 0 bridgehead atoms. The second kappa shape index (κ2) is 12.2. The molecule has 38 heavy (non-hydrogen) atoms. The van der Waals surface area contributed by atoms with Crippen molar-refractivity contribution in [1.82, 2.24) is 15.3 Å². The first kappa shape index (κ1) is 27.2. The average molecular weight is 524 g/mol. The van der Waals surface area contributed by atoms with E-state index >= 15 is 0 Å².